The van der Waals surface area contributed by atoms with E-state index in [0.29, 0.717) is 5.75 Å². The Bertz CT molecular complexity index is 856. The van der Waals surface area contributed by atoms with Crippen LogP contribution in [0, 0.1) is 6.07 Å². The molecular weight excluding hydrogens is 617 g/mol. The SMILES string of the molecule is CCCCCCCCCCCCCCCCCCc1[c]c(CCCCCCCCCCCCCCCCCC)c(C(C)(C)C)c(O)c1C(C)(C)C. The zero-order valence-corrected chi connectivity index (χ0v) is 36.5. The van der Waals surface area contributed by atoms with Crippen molar-refractivity contribution in [1.29, 1.82) is 0 Å². The number of phenolic OH excluding ortho intramolecular Hbond substituents is 1. The first-order valence-corrected chi connectivity index (χ1v) is 23.3. The molecule has 1 radical (unpaired) electrons. The quantitative estimate of drug-likeness (QED) is 0.0706. The summed E-state index contributed by atoms with van der Waals surface area (Å²) in [6.07, 6.45) is 46.9. The van der Waals surface area contributed by atoms with Gasteiger partial charge >= 0.3 is 0 Å². The second-order valence-electron chi connectivity index (χ2n) is 18.8. The topological polar surface area (TPSA) is 20.2 Å². The highest BCUT2D eigenvalue weighted by Gasteiger charge is 2.30. The molecule has 0 aliphatic heterocycles. The van der Waals surface area contributed by atoms with Gasteiger partial charge in [-0.2, -0.15) is 0 Å². The molecule has 0 aliphatic rings. The van der Waals surface area contributed by atoms with Crippen LogP contribution in [-0.2, 0) is 23.7 Å². The van der Waals surface area contributed by atoms with Crippen LogP contribution < -0.4 is 0 Å². The van der Waals surface area contributed by atoms with E-state index in [2.05, 4.69) is 61.5 Å². The normalized spacial score (nSPS) is 12.3. The van der Waals surface area contributed by atoms with Crippen LogP contribution >= 0.6 is 0 Å². The van der Waals surface area contributed by atoms with Crippen molar-refractivity contribution >= 4 is 0 Å². The molecule has 0 saturated carbocycles. The molecule has 0 bridgehead atoms. The first-order chi connectivity index (χ1) is 24.5. The van der Waals surface area contributed by atoms with Crippen LogP contribution in [0.4, 0.5) is 0 Å². The number of aromatic hydroxyl groups is 1. The Morgan fingerprint density at radius 2 is 0.529 bits per heavy atom. The lowest BCUT2D eigenvalue weighted by molar-refractivity contribution is 0.417. The Morgan fingerprint density at radius 1 is 0.333 bits per heavy atom. The van der Waals surface area contributed by atoms with Gasteiger partial charge in [0.2, 0.25) is 0 Å². The molecule has 0 amide bonds. The zero-order chi connectivity index (χ0) is 37.6. The molecule has 1 aromatic carbocycles. The van der Waals surface area contributed by atoms with Gasteiger partial charge in [-0.05, 0) is 53.7 Å². The number of benzene rings is 1. The minimum atomic E-state index is -0.0856. The number of rotatable bonds is 34. The molecule has 0 spiro atoms. The average molecular weight is 710 g/mol. The first kappa shape index (κ1) is 48.0. The third-order valence-electron chi connectivity index (χ3n) is 11.4. The molecule has 0 heterocycles. The van der Waals surface area contributed by atoms with Crippen molar-refractivity contribution in [1.82, 2.24) is 0 Å². The molecule has 0 aliphatic carbocycles. The molecule has 0 fully saturated rings. The van der Waals surface area contributed by atoms with Crippen LogP contribution in [0.25, 0.3) is 0 Å². The number of unbranched alkanes of at least 4 members (excludes halogenated alkanes) is 30. The monoisotopic (exact) mass is 710 g/mol. The van der Waals surface area contributed by atoms with E-state index in [1.54, 1.807) is 0 Å². The van der Waals surface area contributed by atoms with Crippen LogP contribution in [0.1, 0.15) is 283 Å². The predicted octanol–water partition coefficient (Wildman–Crippen LogP) is 17.4. The van der Waals surface area contributed by atoms with Gasteiger partial charge in [0.15, 0.2) is 0 Å². The smallest absolute Gasteiger partial charge is 0.123 e. The molecule has 0 unspecified atom stereocenters. The molecule has 0 aromatic heterocycles. The maximum absolute atomic E-state index is 11.9. The second kappa shape index (κ2) is 30.4. The minimum Gasteiger partial charge on any atom is -0.507 e. The van der Waals surface area contributed by atoms with Gasteiger partial charge < -0.3 is 5.11 Å². The number of phenols is 1. The molecular formula is C50H93O. The highest BCUT2D eigenvalue weighted by molar-refractivity contribution is 5.55. The van der Waals surface area contributed by atoms with Gasteiger partial charge in [-0.3, -0.25) is 0 Å². The van der Waals surface area contributed by atoms with Gasteiger partial charge in [0, 0.05) is 11.1 Å². The summed E-state index contributed by atoms with van der Waals surface area (Å²) in [7, 11) is 0. The Hall–Kier alpha value is -0.980. The lowest BCUT2D eigenvalue weighted by Crippen LogP contribution is -2.21. The van der Waals surface area contributed by atoms with Gasteiger partial charge in [-0.25, -0.2) is 0 Å². The fraction of sp³-hybridized carbons (Fsp3) is 0.880. The van der Waals surface area contributed by atoms with E-state index in [4.69, 9.17) is 0 Å². The van der Waals surface area contributed by atoms with Crippen molar-refractivity contribution < 1.29 is 5.11 Å². The maximum Gasteiger partial charge on any atom is 0.123 e. The summed E-state index contributed by atoms with van der Waals surface area (Å²) in [5.41, 5.74) is 4.73. The lowest BCUT2D eigenvalue weighted by atomic mass is 9.74. The molecule has 1 aromatic rings. The number of aryl methyl sites for hydroxylation is 2. The molecule has 299 valence electrons. The van der Waals surface area contributed by atoms with E-state index in [-0.39, 0.29) is 10.8 Å². The van der Waals surface area contributed by atoms with Gasteiger partial charge in [0.1, 0.15) is 5.75 Å². The van der Waals surface area contributed by atoms with Crippen LogP contribution in [-0.4, -0.2) is 5.11 Å². The number of hydrogen-bond donors (Lipinski definition) is 1. The molecule has 1 heteroatoms. The highest BCUT2D eigenvalue weighted by atomic mass is 16.3. The summed E-state index contributed by atoms with van der Waals surface area (Å²) in [6, 6.07) is 3.98. The van der Waals surface area contributed by atoms with Crippen LogP contribution in [0.15, 0.2) is 0 Å². The van der Waals surface area contributed by atoms with E-state index in [0.717, 1.165) is 24.0 Å². The summed E-state index contributed by atoms with van der Waals surface area (Å²) in [4.78, 5) is 0. The molecule has 51 heavy (non-hydrogen) atoms. The fourth-order valence-electron chi connectivity index (χ4n) is 8.41. The molecule has 0 saturated heterocycles. The van der Waals surface area contributed by atoms with Crippen molar-refractivity contribution in [3.8, 4) is 5.75 Å². The Kier molecular flexibility index (Phi) is 28.6. The van der Waals surface area contributed by atoms with E-state index in [9.17, 15) is 5.11 Å². The van der Waals surface area contributed by atoms with Gasteiger partial charge in [-0.1, -0.05) is 248 Å². The molecule has 0 atom stereocenters. The van der Waals surface area contributed by atoms with Crippen LogP contribution in [0.5, 0.6) is 5.75 Å². The van der Waals surface area contributed by atoms with Crippen molar-refractivity contribution in [3.05, 3.63) is 28.3 Å². The largest absolute Gasteiger partial charge is 0.507 e. The Morgan fingerprint density at radius 3 is 0.725 bits per heavy atom. The summed E-state index contributed by atoms with van der Waals surface area (Å²) < 4.78 is 0. The van der Waals surface area contributed by atoms with E-state index < -0.39 is 0 Å². The fourth-order valence-corrected chi connectivity index (χ4v) is 8.41. The highest BCUT2D eigenvalue weighted by Crippen LogP contribution is 2.44. The van der Waals surface area contributed by atoms with Crippen LogP contribution in [0.3, 0.4) is 0 Å². The summed E-state index contributed by atoms with van der Waals surface area (Å²) >= 11 is 0. The molecule has 1 nitrogen and oxygen atoms in total. The van der Waals surface area contributed by atoms with Crippen LogP contribution in [0.2, 0.25) is 0 Å². The summed E-state index contributed by atoms with van der Waals surface area (Å²) in [6.45, 7) is 18.2. The lowest BCUT2D eigenvalue weighted by Gasteiger charge is -2.32. The van der Waals surface area contributed by atoms with Crippen molar-refractivity contribution in [2.75, 3.05) is 0 Å². The van der Waals surface area contributed by atoms with Crippen molar-refractivity contribution in [2.45, 2.75) is 285 Å². The molecule has 1 N–H and O–H groups in total. The Labute approximate surface area is 322 Å². The third-order valence-corrected chi connectivity index (χ3v) is 11.4. The van der Waals surface area contributed by atoms with Gasteiger partial charge in [0.05, 0.1) is 0 Å². The second-order valence-corrected chi connectivity index (χ2v) is 18.8. The minimum absolute atomic E-state index is 0.0856. The van der Waals surface area contributed by atoms with Gasteiger partial charge in [-0.15, -0.1) is 0 Å². The third kappa shape index (κ3) is 24.1. The van der Waals surface area contributed by atoms with E-state index >= 15 is 0 Å². The first-order valence-electron chi connectivity index (χ1n) is 23.3. The number of hydrogen-bond acceptors (Lipinski definition) is 1. The summed E-state index contributed by atoms with van der Waals surface area (Å²) in [5, 5.41) is 11.9. The maximum atomic E-state index is 11.9. The standard InChI is InChI=1S/C50H93O/c1-9-11-13-15-17-19-21-23-25-27-29-31-33-35-37-39-41-44-43-45(47(50(6,7)8)48(51)46(44)49(3,4)5)42-40-38-36-34-32-30-28-26-24-22-20-18-16-14-12-10-2/h51H,9-42H2,1-8H3. The van der Waals surface area contributed by atoms with E-state index in [1.807, 2.05) is 0 Å². The van der Waals surface area contributed by atoms with Crippen molar-refractivity contribution in [3.63, 3.8) is 0 Å². The van der Waals surface area contributed by atoms with E-state index in [1.165, 1.54) is 217 Å². The zero-order valence-electron chi connectivity index (χ0n) is 36.5. The predicted molar refractivity (Wildman–Crippen MR) is 231 cm³/mol. The van der Waals surface area contributed by atoms with Crippen molar-refractivity contribution in [2.24, 2.45) is 0 Å². The Balaban J connectivity index is 2.42. The molecule has 1 rings (SSSR count). The summed E-state index contributed by atoms with van der Waals surface area (Å²) in [5.74, 6) is 0.576. The average Bonchev–Trinajstić information content (AvgIpc) is 3.06. The van der Waals surface area contributed by atoms with Gasteiger partial charge in [0.25, 0.3) is 0 Å².